The van der Waals surface area contributed by atoms with Crippen LogP contribution in [-0.4, -0.2) is 29.7 Å². The summed E-state index contributed by atoms with van der Waals surface area (Å²) in [6, 6.07) is 5.85. The van der Waals surface area contributed by atoms with E-state index in [0.717, 1.165) is 23.1 Å². The fourth-order valence-corrected chi connectivity index (χ4v) is 2.07. The minimum absolute atomic E-state index is 0.0162. The number of benzene rings is 1. The van der Waals surface area contributed by atoms with E-state index in [1.807, 2.05) is 32.0 Å². The molecule has 0 saturated heterocycles. The predicted octanol–water partition coefficient (Wildman–Crippen LogP) is 1.29. The van der Waals surface area contributed by atoms with Crippen molar-refractivity contribution in [3.63, 3.8) is 0 Å². The van der Waals surface area contributed by atoms with Crippen molar-refractivity contribution in [1.29, 1.82) is 0 Å². The summed E-state index contributed by atoms with van der Waals surface area (Å²) >= 11 is 0. The Labute approximate surface area is 100 Å². The summed E-state index contributed by atoms with van der Waals surface area (Å²) in [7, 11) is -3.31. The van der Waals surface area contributed by atoms with Crippen LogP contribution in [0, 0.1) is 13.8 Å². The van der Waals surface area contributed by atoms with Crippen molar-refractivity contribution in [2.24, 2.45) is 0 Å². The first-order chi connectivity index (χ1) is 7.88. The lowest BCUT2D eigenvalue weighted by molar-refractivity contribution is 0.598. The molecule has 0 bridgehead atoms. The van der Waals surface area contributed by atoms with Gasteiger partial charge < -0.3 is 0 Å². The van der Waals surface area contributed by atoms with Gasteiger partial charge in [-0.3, -0.25) is 0 Å². The Hall–Kier alpha value is -1.69. The maximum Gasteiger partial charge on any atom is 0.197 e. The van der Waals surface area contributed by atoms with E-state index in [2.05, 4.69) is 10.3 Å². The van der Waals surface area contributed by atoms with E-state index in [0.29, 0.717) is 0 Å². The molecule has 1 heterocycles. The molecule has 0 saturated carbocycles. The van der Waals surface area contributed by atoms with Gasteiger partial charge in [0.2, 0.25) is 0 Å². The molecule has 0 aliphatic rings. The molecule has 2 rings (SSSR count). The van der Waals surface area contributed by atoms with Crippen LogP contribution < -0.4 is 0 Å². The summed E-state index contributed by atoms with van der Waals surface area (Å²) in [6.07, 6.45) is 2.54. The van der Waals surface area contributed by atoms with E-state index in [1.165, 1.54) is 10.9 Å². The third-order valence-electron chi connectivity index (χ3n) is 2.45. The third-order valence-corrected chi connectivity index (χ3v) is 3.40. The summed E-state index contributed by atoms with van der Waals surface area (Å²) in [6.45, 7) is 3.95. The summed E-state index contributed by atoms with van der Waals surface area (Å²) in [5, 5.41) is 7.47. The molecule has 5 nitrogen and oxygen atoms in total. The first-order valence-corrected chi connectivity index (χ1v) is 6.97. The number of hydrogen-bond donors (Lipinski definition) is 0. The van der Waals surface area contributed by atoms with Gasteiger partial charge in [-0.25, -0.2) is 13.1 Å². The van der Waals surface area contributed by atoms with E-state index >= 15 is 0 Å². The van der Waals surface area contributed by atoms with Gasteiger partial charge in [-0.05, 0) is 25.5 Å². The topological polar surface area (TPSA) is 64.8 Å². The number of nitrogens with zero attached hydrogens (tertiary/aromatic N) is 3. The second kappa shape index (κ2) is 3.96. The molecule has 0 radical (unpaired) electrons. The quantitative estimate of drug-likeness (QED) is 0.806. The van der Waals surface area contributed by atoms with Crippen LogP contribution in [0.2, 0.25) is 0 Å². The second-order valence-electron chi connectivity index (χ2n) is 4.06. The van der Waals surface area contributed by atoms with Crippen LogP contribution in [-0.2, 0) is 9.84 Å². The molecule has 0 unspecified atom stereocenters. The summed E-state index contributed by atoms with van der Waals surface area (Å²) in [5.74, 6) is 0. The zero-order valence-corrected chi connectivity index (χ0v) is 10.7. The van der Waals surface area contributed by atoms with Gasteiger partial charge in [0.1, 0.15) is 0 Å². The third kappa shape index (κ3) is 2.36. The molecule has 1 aromatic heterocycles. The van der Waals surface area contributed by atoms with Gasteiger partial charge in [-0.15, -0.1) is 5.10 Å². The van der Waals surface area contributed by atoms with Crippen molar-refractivity contribution in [3.8, 4) is 5.69 Å². The number of aromatic nitrogens is 3. The lowest BCUT2D eigenvalue weighted by Gasteiger charge is -2.05. The van der Waals surface area contributed by atoms with Crippen molar-refractivity contribution in [1.82, 2.24) is 15.0 Å². The molecular weight excluding hydrogens is 238 g/mol. The molecule has 6 heteroatoms. The molecule has 0 amide bonds. The first-order valence-electron chi connectivity index (χ1n) is 5.08. The Morgan fingerprint density at radius 2 is 1.94 bits per heavy atom. The van der Waals surface area contributed by atoms with Crippen LogP contribution in [0.1, 0.15) is 11.1 Å². The minimum atomic E-state index is -3.31. The van der Waals surface area contributed by atoms with Gasteiger partial charge in [0.15, 0.2) is 14.9 Å². The number of rotatable bonds is 2. The summed E-state index contributed by atoms with van der Waals surface area (Å²) in [5.41, 5.74) is 3.00. The number of hydrogen-bond acceptors (Lipinski definition) is 4. The van der Waals surface area contributed by atoms with Gasteiger partial charge in [0, 0.05) is 6.26 Å². The fraction of sp³-hybridized carbons (Fsp3) is 0.273. The van der Waals surface area contributed by atoms with Crippen LogP contribution >= 0.6 is 0 Å². The maximum atomic E-state index is 11.3. The average Bonchev–Trinajstić information content (AvgIpc) is 2.65. The molecule has 1 aromatic carbocycles. The zero-order valence-electron chi connectivity index (χ0n) is 9.88. The van der Waals surface area contributed by atoms with Gasteiger partial charge in [-0.2, -0.15) is 0 Å². The van der Waals surface area contributed by atoms with Crippen molar-refractivity contribution < 1.29 is 8.42 Å². The second-order valence-corrected chi connectivity index (χ2v) is 6.03. The molecule has 0 fully saturated rings. The zero-order chi connectivity index (χ0) is 12.6. The summed E-state index contributed by atoms with van der Waals surface area (Å²) < 4.78 is 24.1. The predicted molar refractivity (Wildman–Crippen MR) is 63.9 cm³/mol. The lowest BCUT2D eigenvalue weighted by atomic mass is 10.1. The van der Waals surface area contributed by atoms with Gasteiger partial charge in [-0.1, -0.05) is 22.9 Å². The molecule has 0 aliphatic carbocycles. The first kappa shape index (κ1) is 11.8. The van der Waals surface area contributed by atoms with E-state index in [4.69, 9.17) is 0 Å². The van der Waals surface area contributed by atoms with Crippen LogP contribution in [0.3, 0.4) is 0 Å². The SMILES string of the molecule is Cc1ccc(-n2cc(S(C)(=O)=O)nn2)c(C)c1. The van der Waals surface area contributed by atoms with Gasteiger partial charge in [0.05, 0.1) is 11.9 Å². The molecule has 17 heavy (non-hydrogen) atoms. The van der Waals surface area contributed by atoms with Crippen LogP contribution in [0.25, 0.3) is 5.69 Å². The van der Waals surface area contributed by atoms with E-state index in [-0.39, 0.29) is 5.03 Å². The molecule has 0 atom stereocenters. The minimum Gasteiger partial charge on any atom is -0.222 e. The Bertz CT molecular complexity index is 659. The highest BCUT2D eigenvalue weighted by Crippen LogP contribution is 2.15. The lowest BCUT2D eigenvalue weighted by Crippen LogP contribution is -1.98. The van der Waals surface area contributed by atoms with Gasteiger partial charge >= 0.3 is 0 Å². The molecule has 0 aliphatic heterocycles. The van der Waals surface area contributed by atoms with Crippen molar-refractivity contribution >= 4 is 9.84 Å². The molecule has 0 spiro atoms. The largest absolute Gasteiger partial charge is 0.222 e. The molecule has 0 N–H and O–H groups in total. The highest BCUT2D eigenvalue weighted by Gasteiger charge is 2.13. The van der Waals surface area contributed by atoms with Crippen molar-refractivity contribution in [2.45, 2.75) is 18.9 Å². The summed E-state index contributed by atoms with van der Waals surface area (Å²) in [4.78, 5) is 0. The maximum absolute atomic E-state index is 11.3. The van der Waals surface area contributed by atoms with Crippen LogP contribution in [0.15, 0.2) is 29.4 Å². The Balaban J connectivity index is 2.51. The average molecular weight is 251 g/mol. The number of sulfone groups is 1. The Morgan fingerprint density at radius 1 is 1.24 bits per heavy atom. The molecule has 90 valence electrons. The number of aryl methyl sites for hydroxylation is 2. The van der Waals surface area contributed by atoms with E-state index in [1.54, 1.807) is 0 Å². The normalized spacial score (nSPS) is 11.7. The molecular formula is C11H13N3O2S. The highest BCUT2D eigenvalue weighted by molar-refractivity contribution is 7.90. The monoisotopic (exact) mass is 251 g/mol. The van der Waals surface area contributed by atoms with Crippen LogP contribution in [0.4, 0.5) is 0 Å². The smallest absolute Gasteiger partial charge is 0.197 e. The van der Waals surface area contributed by atoms with Crippen molar-refractivity contribution in [3.05, 3.63) is 35.5 Å². The van der Waals surface area contributed by atoms with E-state index < -0.39 is 9.84 Å². The highest BCUT2D eigenvalue weighted by atomic mass is 32.2. The standard InChI is InChI=1S/C11H13N3O2S/c1-8-4-5-10(9(2)6-8)14-7-11(12-13-14)17(3,15)16/h4-7H,1-3H3. The molecule has 2 aromatic rings. The fourth-order valence-electron chi connectivity index (χ4n) is 1.60. The van der Waals surface area contributed by atoms with Crippen LogP contribution in [0.5, 0.6) is 0 Å². The van der Waals surface area contributed by atoms with Gasteiger partial charge in [0.25, 0.3) is 0 Å². The van der Waals surface area contributed by atoms with E-state index in [9.17, 15) is 8.42 Å². The Kier molecular flexibility index (Phi) is 2.74. The Morgan fingerprint density at radius 3 is 2.47 bits per heavy atom. The van der Waals surface area contributed by atoms with Crippen molar-refractivity contribution in [2.75, 3.05) is 6.26 Å².